The van der Waals surface area contributed by atoms with Crippen molar-refractivity contribution >= 4 is 17.2 Å². The molecule has 1 aliphatic rings. The Morgan fingerprint density at radius 3 is 3.00 bits per heavy atom. The average molecular weight is 253 g/mol. The van der Waals surface area contributed by atoms with Crippen LogP contribution >= 0.6 is 11.3 Å². The maximum absolute atomic E-state index is 12.3. The van der Waals surface area contributed by atoms with Crippen molar-refractivity contribution in [1.82, 2.24) is 15.2 Å². The van der Waals surface area contributed by atoms with Gasteiger partial charge in [-0.05, 0) is 26.8 Å². The fourth-order valence-corrected chi connectivity index (χ4v) is 2.86. The second-order valence-electron chi connectivity index (χ2n) is 5.01. The van der Waals surface area contributed by atoms with Gasteiger partial charge >= 0.3 is 0 Å². The summed E-state index contributed by atoms with van der Waals surface area (Å²) in [4.78, 5) is 18.5. The van der Waals surface area contributed by atoms with Crippen molar-refractivity contribution in [1.29, 1.82) is 0 Å². The topological polar surface area (TPSA) is 45.2 Å². The number of carbonyl (C=O) groups is 1. The molecule has 1 N–H and O–H groups in total. The molecule has 94 valence electrons. The molecule has 0 aliphatic carbocycles. The molecule has 1 amide bonds. The van der Waals surface area contributed by atoms with E-state index in [1.54, 1.807) is 16.2 Å². The van der Waals surface area contributed by atoms with Gasteiger partial charge in [0.2, 0.25) is 5.91 Å². The maximum Gasteiger partial charge on any atom is 0.229 e. The molecular formula is C12H19N3OS. The minimum atomic E-state index is -0.236. The molecule has 2 rings (SSSR count). The van der Waals surface area contributed by atoms with Crippen LogP contribution in [-0.4, -0.2) is 35.9 Å². The molecule has 0 radical (unpaired) electrons. The van der Waals surface area contributed by atoms with E-state index < -0.39 is 0 Å². The van der Waals surface area contributed by atoms with Crippen molar-refractivity contribution in [2.75, 3.05) is 20.1 Å². The number of hydrogen-bond donors (Lipinski definition) is 1. The van der Waals surface area contributed by atoms with Crippen molar-refractivity contribution in [3.8, 4) is 0 Å². The van der Waals surface area contributed by atoms with Crippen LogP contribution < -0.4 is 5.32 Å². The molecule has 5 heteroatoms. The lowest BCUT2D eigenvalue weighted by Gasteiger charge is -2.27. The van der Waals surface area contributed by atoms with Crippen molar-refractivity contribution in [3.63, 3.8) is 0 Å². The minimum absolute atomic E-state index is 0.216. The summed E-state index contributed by atoms with van der Waals surface area (Å²) in [5.74, 6) is 0.216. The second-order valence-corrected chi connectivity index (χ2v) is 6.07. The van der Waals surface area contributed by atoms with Gasteiger partial charge in [-0.3, -0.25) is 4.79 Å². The first-order valence-electron chi connectivity index (χ1n) is 5.88. The number of carbonyl (C=O) groups excluding carboxylic acids is 1. The van der Waals surface area contributed by atoms with Crippen LogP contribution in [0.15, 0.2) is 5.38 Å². The molecule has 1 saturated heterocycles. The Balaban J connectivity index is 2.00. The van der Waals surface area contributed by atoms with E-state index in [9.17, 15) is 4.79 Å². The lowest BCUT2D eigenvalue weighted by molar-refractivity contribution is -0.139. The lowest BCUT2D eigenvalue weighted by Crippen LogP contribution is -2.41. The normalized spacial score (nSPS) is 23.9. The van der Waals surface area contributed by atoms with Gasteiger partial charge in [-0.25, -0.2) is 4.98 Å². The molecule has 1 aromatic heterocycles. The summed E-state index contributed by atoms with van der Waals surface area (Å²) < 4.78 is 0. The molecule has 1 unspecified atom stereocenters. The Kier molecular flexibility index (Phi) is 3.49. The summed E-state index contributed by atoms with van der Waals surface area (Å²) in [5, 5.41) is 6.33. The van der Waals surface area contributed by atoms with Gasteiger partial charge in [-0.1, -0.05) is 0 Å². The van der Waals surface area contributed by atoms with Crippen molar-refractivity contribution in [3.05, 3.63) is 16.1 Å². The molecule has 0 aromatic carbocycles. The quantitative estimate of drug-likeness (QED) is 0.886. The molecule has 1 fully saturated rings. The van der Waals surface area contributed by atoms with Crippen LogP contribution in [0.1, 0.15) is 24.0 Å². The number of nitrogens with zero attached hydrogens (tertiary/aromatic N) is 2. The first-order chi connectivity index (χ1) is 8.01. The van der Waals surface area contributed by atoms with Gasteiger partial charge in [0.1, 0.15) is 0 Å². The molecule has 17 heavy (non-hydrogen) atoms. The van der Waals surface area contributed by atoms with Crippen molar-refractivity contribution in [2.24, 2.45) is 5.41 Å². The van der Waals surface area contributed by atoms with E-state index >= 15 is 0 Å². The van der Waals surface area contributed by atoms with E-state index in [2.05, 4.69) is 10.3 Å². The third-order valence-corrected chi connectivity index (χ3v) is 4.12. The van der Waals surface area contributed by atoms with Crippen LogP contribution in [-0.2, 0) is 11.3 Å². The van der Waals surface area contributed by atoms with Gasteiger partial charge in [0.05, 0.1) is 22.7 Å². The van der Waals surface area contributed by atoms with Crippen LogP contribution in [0.2, 0.25) is 0 Å². The minimum Gasteiger partial charge on any atom is -0.339 e. The molecule has 1 atom stereocenters. The molecule has 1 aliphatic heterocycles. The predicted octanol–water partition coefficient (Wildman–Crippen LogP) is 1.41. The standard InChI is InChI=1S/C12H19N3OS/c1-9-14-10(7-17-9)6-15(3)11(16)12(2)4-5-13-8-12/h7,13H,4-6,8H2,1-3H3. The van der Waals surface area contributed by atoms with E-state index in [-0.39, 0.29) is 11.3 Å². The fraction of sp³-hybridized carbons (Fsp3) is 0.667. The summed E-state index contributed by atoms with van der Waals surface area (Å²) >= 11 is 1.63. The Morgan fingerprint density at radius 1 is 1.71 bits per heavy atom. The summed E-state index contributed by atoms with van der Waals surface area (Å²) in [7, 11) is 1.86. The third-order valence-electron chi connectivity index (χ3n) is 3.30. The van der Waals surface area contributed by atoms with Gasteiger partial charge < -0.3 is 10.2 Å². The second kappa shape index (κ2) is 4.74. The summed E-state index contributed by atoms with van der Waals surface area (Å²) in [5.41, 5.74) is 0.748. The molecule has 4 nitrogen and oxygen atoms in total. The molecular weight excluding hydrogens is 234 g/mol. The Morgan fingerprint density at radius 2 is 2.47 bits per heavy atom. The highest BCUT2D eigenvalue weighted by Crippen LogP contribution is 2.27. The zero-order valence-corrected chi connectivity index (χ0v) is 11.4. The predicted molar refractivity (Wildman–Crippen MR) is 68.9 cm³/mol. The SMILES string of the molecule is Cc1nc(CN(C)C(=O)C2(C)CCNC2)cs1. The molecule has 0 bridgehead atoms. The van der Waals surface area contributed by atoms with Crippen LogP contribution in [0.25, 0.3) is 0 Å². The number of nitrogens with one attached hydrogen (secondary N) is 1. The van der Waals surface area contributed by atoms with Crippen LogP contribution in [0.5, 0.6) is 0 Å². The van der Waals surface area contributed by atoms with E-state index in [1.165, 1.54) is 0 Å². The molecule has 0 saturated carbocycles. The van der Waals surface area contributed by atoms with E-state index in [0.29, 0.717) is 6.54 Å². The smallest absolute Gasteiger partial charge is 0.229 e. The Bertz CT molecular complexity index is 410. The molecule has 1 aromatic rings. The molecule has 0 spiro atoms. The van der Waals surface area contributed by atoms with Gasteiger partial charge in [0.15, 0.2) is 0 Å². The van der Waals surface area contributed by atoms with Gasteiger partial charge in [0.25, 0.3) is 0 Å². The maximum atomic E-state index is 12.3. The van der Waals surface area contributed by atoms with Crippen LogP contribution in [0.4, 0.5) is 0 Å². The third kappa shape index (κ3) is 2.66. The highest BCUT2D eigenvalue weighted by atomic mass is 32.1. The van der Waals surface area contributed by atoms with Crippen LogP contribution in [0.3, 0.4) is 0 Å². The monoisotopic (exact) mass is 253 g/mol. The summed E-state index contributed by atoms with van der Waals surface area (Å²) in [6, 6.07) is 0. The highest BCUT2D eigenvalue weighted by Gasteiger charge is 2.38. The van der Waals surface area contributed by atoms with Gasteiger partial charge in [0, 0.05) is 19.0 Å². The zero-order chi connectivity index (χ0) is 12.5. The summed E-state index contributed by atoms with van der Waals surface area (Å²) in [6.07, 6.45) is 0.923. The van der Waals surface area contributed by atoms with Gasteiger partial charge in [-0.2, -0.15) is 0 Å². The van der Waals surface area contributed by atoms with Crippen molar-refractivity contribution in [2.45, 2.75) is 26.8 Å². The lowest BCUT2D eigenvalue weighted by atomic mass is 9.88. The van der Waals surface area contributed by atoms with E-state index in [4.69, 9.17) is 0 Å². The molecule has 2 heterocycles. The number of aryl methyl sites for hydroxylation is 1. The number of rotatable bonds is 3. The number of amides is 1. The fourth-order valence-electron chi connectivity index (χ4n) is 2.26. The number of thiazole rings is 1. The first-order valence-corrected chi connectivity index (χ1v) is 6.76. The number of aromatic nitrogens is 1. The average Bonchev–Trinajstić information content (AvgIpc) is 2.88. The Labute approximate surface area is 106 Å². The summed E-state index contributed by atoms with van der Waals surface area (Å²) in [6.45, 7) is 6.35. The zero-order valence-electron chi connectivity index (χ0n) is 10.6. The Hall–Kier alpha value is -0.940. The highest BCUT2D eigenvalue weighted by molar-refractivity contribution is 7.09. The number of hydrogen-bond acceptors (Lipinski definition) is 4. The first kappa shape index (κ1) is 12.5. The van der Waals surface area contributed by atoms with E-state index in [0.717, 1.165) is 30.2 Å². The van der Waals surface area contributed by atoms with Crippen LogP contribution in [0, 0.1) is 12.3 Å². The van der Waals surface area contributed by atoms with E-state index in [1.807, 2.05) is 26.3 Å². The van der Waals surface area contributed by atoms with Gasteiger partial charge in [-0.15, -0.1) is 11.3 Å². The largest absolute Gasteiger partial charge is 0.339 e. The van der Waals surface area contributed by atoms with Crippen molar-refractivity contribution < 1.29 is 4.79 Å².